The van der Waals surface area contributed by atoms with Crippen molar-refractivity contribution in [2.45, 2.75) is 6.42 Å². The van der Waals surface area contributed by atoms with Crippen molar-refractivity contribution in [3.8, 4) is 5.88 Å². The molecule has 1 saturated heterocycles. The number of pyridine rings is 1. The van der Waals surface area contributed by atoms with Gasteiger partial charge in [-0.3, -0.25) is 4.90 Å². The summed E-state index contributed by atoms with van der Waals surface area (Å²) in [6.45, 7) is 5.26. The molecule has 0 amide bonds. The van der Waals surface area contributed by atoms with E-state index in [-0.39, 0.29) is 5.48 Å². The number of piperazine rings is 1. The Hall–Kier alpha value is -2.57. The van der Waals surface area contributed by atoms with E-state index in [4.69, 9.17) is 4.74 Å². The van der Waals surface area contributed by atoms with Crippen LogP contribution in [0.15, 0.2) is 48.7 Å². The maximum Gasteiger partial charge on any atom is 0.214 e. The Bertz CT molecular complexity index is 840. The van der Waals surface area contributed by atoms with Crippen LogP contribution in [-0.2, 0) is 6.42 Å². The number of ether oxygens (including phenoxy) is 1. The van der Waals surface area contributed by atoms with E-state index in [9.17, 15) is 0 Å². The minimum absolute atomic E-state index is 0. The lowest BCUT2D eigenvalue weighted by Gasteiger charge is -2.35. The Balaban J connectivity index is 0.00000196. The van der Waals surface area contributed by atoms with Crippen molar-refractivity contribution in [3.63, 3.8) is 0 Å². The fourth-order valence-electron chi connectivity index (χ4n) is 3.51. The van der Waals surface area contributed by atoms with E-state index in [1.807, 2.05) is 12.1 Å². The van der Waals surface area contributed by atoms with Crippen LogP contribution in [0.3, 0.4) is 0 Å². The lowest BCUT2D eigenvalue weighted by molar-refractivity contribution is 0.260. The molecule has 1 fully saturated rings. The molecular weight excluding hydrogens is 328 g/mol. The number of para-hydroxylation sites is 1. The predicted molar refractivity (Wildman–Crippen MR) is 105 cm³/mol. The summed E-state index contributed by atoms with van der Waals surface area (Å²) in [7, 11) is 1.66. The summed E-state index contributed by atoms with van der Waals surface area (Å²) in [6.07, 6.45) is 3.24. The third-order valence-electron chi connectivity index (χ3n) is 4.99. The van der Waals surface area contributed by atoms with Crippen LogP contribution >= 0.6 is 0 Å². The number of hydrogen-bond acceptors (Lipinski definition) is 4. The molecule has 138 valence electrons. The first-order chi connectivity index (χ1) is 12.3. The van der Waals surface area contributed by atoms with E-state index in [1.54, 1.807) is 7.11 Å². The maximum atomic E-state index is 5.23. The average molecular weight is 354 g/mol. The van der Waals surface area contributed by atoms with Gasteiger partial charge in [0, 0.05) is 55.9 Å². The molecule has 1 aliphatic heterocycles. The number of methoxy groups -OCH3 is 1. The first-order valence-electron chi connectivity index (χ1n) is 8.87. The van der Waals surface area contributed by atoms with Gasteiger partial charge in [-0.15, -0.1) is 0 Å². The quantitative estimate of drug-likeness (QED) is 0.761. The number of rotatable bonds is 5. The molecule has 1 aliphatic rings. The number of fused-ring (bicyclic) bond motifs is 1. The van der Waals surface area contributed by atoms with Gasteiger partial charge in [-0.05, 0) is 24.1 Å². The summed E-state index contributed by atoms with van der Waals surface area (Å²) >= 11 is 0. The molecule has 0 aliphatic carbocycles. The molecule has 0 unspecified atom stereocenters. The van der Waals surface area contributed by atoms with Gasteiger partial charge in [0.2, 0.25) is 5.88 Å². The van der Waals surface area contributed by atoms with Gasteiger partial charge in [-0.2, -0.15) is 4.98 Å². The highest BCUT2D eigenvalue weighted by Gasteiger charge is 2.18. The molecule has 3 aromatic rings. The van der Waals surface area contributed by atoms with Crippen molar-refractivity contribution in [3.05, 3.63) is 54.2 Å². The summed E-state index contributed by atoms with van der Waals surface area (Å²) < 4.78 is 5.23. The molecule has 0 saturated carbocycles. The zero-order valence-electron chi connectivity index (χ0n) is 15.1. The van der Waals surface area contributed by atoms with Crippen LogP contribution in [-0.4, -0.2) is 60.2 Å². The van der Waals surface area contributed by atoms with Crippen molar-refractivity contribution in [2.24, 2.45) is 0 Å². The summed E-state index contributed by atoms with van der Waals surface area (Å²) in [6, 6.07) is 14.5. The van der Waals surface area contributed by atoms with Gasteiger partial charge in [-0.1, -0.05) is 24.3 Å². The van der Waals surface area contributed by atoms with Crippen molar-refractivity contribution in [1.29, 1.82) is 0 Å². The van der Waals surface area contributed by atoms with Crippen LogP contribution in [0.4, 0.5) is 5.82 Å². The molecule has 0 spiro atoms. The number of H-pyrrole nitrogens is 1. The lowest BCUT2D eigenvalue weighted by atomic mass is 10.1. The van der Waals surface area contributed by atoms with E-state index >= 15 is 0 Å². The first-order valence-corrected chi connectivity index (χ1v) is 8.87. The van der Waals surface area contributed by atoms with E-state index < -0.39 is 0 Å². The highest BCUT2D eigenvalue weighted by molar-refractivity contribution is 5.83. The van der Waals surface area contributed by atoms with E-state index in [2.05, 4.69) is 56.3 Å². The van der Waals surface area contributed by atoms with Gasteiger partial charge in [0.1, 0.15) is 5.82 Å². The Morgan fingerprint density at radius 3 is 2.65 bits per heavy atom. The second-order valence-corrected chi connectivity index (χ2v) is 6.48. The number of anilines is 1. The number of aromatic amines is 1. The number of aromatic nitrogens is 2. The van der Waals surface area contributed by atoms with Gasteiger partial charge in [0.25, 0.3) is 0 Å². The van der Waals surface area contributed by atoms with Crippen molar-refractivity contribution < 1.29 is 10.2 Å². The highest BCUT2D eigenvalue weighted by Crippen LogP contribution is 2.20. The Morgan fingerprint density at radius 1 is 1.04 bits per heavy atom. The van der Waals surface area contributed by atoms with Gasteiger partial charge < -0.3 is 20.1 Å². The monoisotopic (exact) mass is 354 g/mol. The van der Waals surface area contributed by atoms with Crippen LogP contribution in [0.2, 0.25) is 0 Å². The van der Waals surface area contributed by atoms with Gasteiger partial charge >= 0.3 is 0 Å². The number of nitrogens with one attached hydrogen (secondary N) is 1. The minimum atomic E-state index is 0. The minimum Gasteiger partial charge on any atom is -0.481 e. The smallest absolute Gasteiger partial charge is 0.214 e. The molecule has 0 bridgehead atoms. The maximum absolute atomic E-state index is 5.23. The van der Waals surface area contributed by atoms with Gasteiger partial charge in [0.15, 0.2) is 0 Å². The molecule has 26 heavy (non-hydrogen) atoms. The Morgan fingerprint density at radius 2 is 1.85 bits per heavy atom. The normalized spacial score (nSPS) is 15.0. The van der Waals surface area contributed by atoms with Crippen molar-refractivity contribution in [1.82, 2.24) is 14.9 Å². The molecule has 0 atom stereocenters. The van der Waals surface area contributed by atoms with Crippen LogP contribution < -0.4 is 9.64 Å². The lowest BCUT2D eigenvalue weighted by Crippen LogP contribution is -2.47. The molecular formula is C20H26N4O2. The standard InChI is InChI=1S/C20H24N4O.H2O/c1-25-20-8-4-7-19(22-20)24-13-11-23(12-14-24)10-9-16-15-21-18-6-3-2-5-17(16)18;/h2-8,15,21H,9-14H2,1H3;1H2. The van der Waals surface area contributed by atoms with Crippen molar-refractivity contribution >= 4 is 16.7 Å². The van der Waals surface area contributed by atoms with E-state index in [0.29, 0.717) is 5.88 Å². The van der Waals surface area contributed by atoms with E-state index in [0.717, 1.165) is 45.0 Å². The van der Waals surface area contributed by atoms with Crippen LogP contribution in [0, 0.1) is 0 Å². The van der Waals surface area contributed by atoms with Gasteiger partial charge in [0.05, 0.1) is 7.11 Å². The summed E-state index contributed by atoms with van der Waals surface area (Å²) in [5.74, 6) is 1.69. The average Bonchev–Trinajstić information content (AvgIpc) is 3.10. The highest BCUT2D eigenvalue weighted by atomic mass is 16.5. The molecule has 6 heteroatoms. The molecule has 3 N–H and O–H groups in total. The fourth-order valence-corrected chi connectivity index (χ4v) is 3.51. The molecule has 1 aromatic carbocycles. The van der Waals surface area contributed by atoms with Crippen molar-refractivity contribution in [2.75, 3.05) is 44.7 Å². The molecule has 0 radical (unpaired) electrons. The second kappa shape index (κ2) is 8.21. The molecule has 2 aromatic heterocycles. The van der Waals surface area contributed by atoms with Crippen LogP contribution in [0.1, 0.15) is 5.56 Å². The van der Waals surface area contributed by atoms with E-state index in [1.165, 1.54) is 16.5 Å². The van der Waals surface area contributed by atoms with Crippen LogP contribution in [0.5, 0.6) is 5.88 Å². The fraction of sp³-hybridized carbons (Fsp3) is 0.350. The summed E-state index contributed by atoms with van der Waals surface area (Å²) in [5.41, 5.74) is 2.64. The first kappa shape index (κ1) is 18.2. The largest absolute Gasteiger partial charge is 0.481 e. The SMILES string of the molecule is COc1cccc(N2CCN(CCc3c[nH]c4ccccc34)CC2)n1.O. The second-order valence-electron chi connectivity index (χ2n) is 6.48. The zero-order chi connectivity index (χ0) is 17.1. The molecule has 4 rings (SSSR count). The third-order valence-corrected chi connectivity index (χ3v) is 4.99. The summed E-state index contributed by atoms with van der Waals surface area (Å²) in [4.78, 5) is 12.8. The number of benzene rings is 1. The number of hydrogen-bond donors (Lipinski definition) is 1. The zero-order valence-corrected chi connectivity index (χ0v) is 15.1. The molecule has 3 heterocycles. The van der Waals surface area contributed by atoms with Gasteiger partial charge in [-0.25, -0.2) is 0 Å². The third kappa shape index (κ3) is 3.81. The number of nitrogens with zero attached hydrogens (tertiary/aromatic N) is 3. The topological polar surface area (TPSA) is 75.9 Å². The Kier molecular flexibility index (Phi) is 5.75. The summed E-state index contributed by atoms with van der Waals surface area (Å²) in [5, 5.41) is 1.35. The Labute approximate surface area is 153 Å². The predicted octanol–water partition coefficient (Wildman–Crippen LogP) is 2.11. The molecule has 6 nitrogen and oxygen atoms in total. The van der Waals surface area contributed by atoms with Crippen LogP contribution in [0.25, 0.3) is 10.9 Å².